The third-order valence-corrected chi connectivity index (χ3v) is 4.37. The summed E-state index contributed by atoms with van der Waals surface area (Å²) < 4.78 is 55.4. The highest BCUT2D eigenvalue weighted by molar-refractivity contribution is 9.10. The van der Waals surface area contributed by atoms with Crippen LogP contribution in [0.5, 0.6) is 5.75 Å². The smallest absolute Gasteiger partial charge is 0.387 e. The summed E-state index contributed by atoms with van der Waals surface area (Å²) in [7, 11) is 0. The molecule has 1 N–H and O–H groups in total. The zero-order valence-electron chi connectivity index (χ0n) is 12.6. The van der Waals surface area contributed by atoms with E-state index in [0.29, 0.717) is 5.69 Å². The number of ether oxygens (including phenoxy) is 1. The van der Waals surface area contributed by atoms with Gasteiger partial charge in [-0.15, -0.1) is 0 Å². The lowest BCUT2D eigenvalue weighted by Gasteiger charge is -2.10. The van der Waals surface area contributed by atoms with E-state index in [1.807, 2.05) is 0 Å². The highest BCUT2D eigenvalue weighted by Gasteiger charge is 2.21. The monoisotopic (exact) mass is 443 g/mol. The van der Waals surface area contributed by atoms with Crippen LogP contribution in [0.4, 0.5) is 23.2 Å². The molecule has 0 radical (unpaired) electrons. The van der Waals surface area contributed by atoms with E-state index >= 15 is 0 Å². The molecule has 0 aliphatic heterocycles. The van der Waals surface area contributed by atoms with Crippen molar-refractivity contribution in [1.29, 1.82) is 0 Å². The topological polar surface area (TPSA) is 56.2 Å². The summed E-state index contributed by atoms with van der Waals surface area (Å²) in [5.41, 5.74) is 0.139. The van der Waals surface area contributed by atoms with E-state index in [0.717, 1.165) is 4.68 Å². The Morgan fingerprint density at radius 3 is 2.60 bits per heavy atom. The molecule has 2 aromatic rings. The van der Waals surface area contributed by atoms with Crippen LogP contribution in [0.15, 0.2) is 22.7 Å². The SMILES string of the molecule is Cc1c(Br)c(C(F)F)nn1CC(=O)Nc1ccc(OC(F)F)c(Cl)c1. The molecule has 0 unspecified atom stereocenters. The van der Waals surface area contributed by atoms with Crippen molar-refractivity contribution in [1.82, 2.24) is 9.78 Å². The van der Waals surface area contributed by atoms with E-state index in [1.165, 1.54) is 25.1 Å². The van der Waals surface area contributed by atoms with Gasteiger partial charge in [-0.2, -0.15) is 13.9 Å². The Kier molecular flexibility index (Phi) is 6.28. The maximum atomic E-state index is 12.8. The maximum absolute atomic E-state index is 12.8. The number of nitrogens with zero attached hydrogens (tertiary/aromatic N) is 2. The Morgan fingerprint density at radius 1 is 1.40 bits per heavy atom. The summed E-state index contributed by atoms with van der Waals surface area (Å²) in [6.45, 7) is -1.81. The lowest BCUT2D eigenvalue weighted by Crippen LogP contribution is -2.20. The molecule has 1 amide bonds. The van der Waals surface area contributed by atoms with Crippen LogP contribution < -0.4 is 10.1 Å². The molecule has 25 heavy (non-hydrogen) atoms. The van der Waals surface area contributed by atoms with Crippen LogP contribution in [-0.2, 0) is 11.3 Å². The standard InChI is InChI=1S/C14H11BrClF4N3O2/c1-6-11(15)12(13(17)18)22-23(6)5-10(24)21-7-2-3-9(8(16)4-7)25-14(19)20/h2-4,13-14H,5H2,1H3,(H,21,24). The molecule has 0 aliphatic carbocycles. The number of aromatic nitrogens is 2. The number of benzene rings is 1. The van der Waals surface area contributed by atoms with Gasteiger partial charge in [0, 0.05) is 5.69 Å². The summed E-state index contributed by atoms with van der Waals surface area (Å²) >= 11 is 8.79. The summed E-state index contributed by atoms with van der Waals surface area (Å²) in [6, 6.07) is 3.72. The fourth-order valence-electron chi connectivity index (χ4n) is 1.95. The zero-order valence-corrected chi connectivity index (χ0v) is 14.9. The molecular formula is C14H11BrClF4N3O2. The van der Waals surface area contributed by atoms with Crippen molar-refractivity contribution in [2.75, 3.05) is 5.32 Å². The summed E-state index contributed by atoms with van der Waals surface area (Å²) in [4.78, 5) is 12.0. The largest absolute Gasteiger partial charge is 0.433 e. The van der Waals surface area contributed by atoms with E-state index in [1.54, 1.807) is 0 Å². The van der Waals surface area contributed by atoms with Gasteiger partial charge in [-0.3, -0.25) is 9.48 Å². The Labute approximate surface area is 153 Å². The van der Waals surface area contributed by atoms with Crippen LogP contribution in [0, 0.1) is 6.92 Å². The molecule has 136 valence electrons. The highest BCUT2D eigenvalue weighted by Crippen LogP contribution is 2.30. The van der Waals surface area contributed by atoms with Crippen molar-refractivity contribution in [2.45, 2.75) is 26.5 Å². The molecular weight excluding hydrogens is 434 g/mol. The first kappa shape index (κ1) is 19.5. The fourth-order valence-corrected chi connectivity index (χ4v) is 2.63. The van der Waals surface area contributed by atoms with Gasteiger partial charge in [-0.25, -0.2) is 8.78 Å². The van der Waals surface area contributed by atoms with Crippen LogP contribution in [-0.4, -0.2) is 22.3 Å². The van der Waals surface area contributed by atoms with Crippen LogP contribution in [0.2, 0.25) is 5.02 Å². The first-order valence-electron chi connectivity index (χ1n) is 6.74. The van der Waals surface area contributed by atoms with Gasteiger partial charge in [0.2, 0.25) is 5.91 Å². The predicted molar refractivity (Wildman–Crippen MR) is 86.3 cm³/mol. The van der Waals surface area contributed by atoms with Gasteiger partial charge in [0.25, 0.3) is 6.43 Å². The molecule has 0 bridgehead atoms. The predicted octanol–water partition coefficient (Wildman–Crippen LogP) is 4.79. The van der Waals surface area contributed by atoms with Gasteiger partial charge in [-0.05, 0) is 41.1 Å². The molecule has 1 aromatic heterocycles. The minimum atomic E-state index is -3.02. The lowest BCUT2D eigenvalue weighted by molar-refractivity contribution is -0.117. The number of carbonyl (C=O) groups is 1. The third-order valence-electron chi connectivity index (χ3n) is 3.09. The zero-order chi connectivity index (χ0) is 18.7. The molecule has 11 heteroatoms. The summed E-state index contributed by atoms with van der Waals surface area (Å²) in [5.74, 6) is -0.791. The molecule has 0 atom stereocenters. The van der Waals surface area contributed by atoms with E-state index in [2.05, 4.69) is 31.1 Å². The second-order valence-electron chi connectivity index (χ2n) is 4.81. The molecule has 0 saturated carbocycles. The van der Waals surface area contributed by atoms with Gasteiger partial charge < -0.3 is 10.1 Å². The number of alkyl halides is 4. The van der Waals surface area contributed by atoms with Crippen LogP contribution >= 0.6 is 27.5 Å². The molecule has 0 saturated heterocycles. The lowest BCUT2D eigenvalue weighted by atomic mass is 10.3. The van der Waals surface area contributed by atoms with Gasteiger partial charge >= 0.3 is 6.61 Å². The van der Waals surface area contributed by atoms with E-state index < -0.39 is 24.6 Å². The fraction of sp³-hybridized carbons (Fsp3) is 0.286. The average molecular weight is 445 g/mol. The maximum Gasteiger partial charge on any atom is 0.387 e. The number of carbonyl (C=O) groups excluding carboxylic acids is 1. The number of rotatable bonds is 6. The Balaban J connectivity index is 2.08. The molecule has 0 aliphatic rings. The van der Waals surface area contributed by atoms with Gasteiger partial charge in [-0.1, -0.05) is 11.6 Å². The van der Waals surface area contributed by atoms with Crippen molar-refractivity contribution in [3.8, 4) is 5.75 Å². The Hall–Kier alpha value is -1.81. The Bertz CT molecular complexity index is 786. The summed E-state index contributed by atoms with van der Waals surface area (Å²) in [5, 5.41) is 6.04. The van der Waals surface area contributed by atoms with E-state index in [-0.39, 0.29) is 27.5 Å². The number of anilines is 1. The number of amides is 1. The highest BCUT2D eigenvalue weighted by atomic mass is 79.9. The molecule has 5 nitrogen and oxygen atoms in total. The van der Waals surface area contributed by atoms with Crippen molar-refractivity contribution < 1.29 is 27.1 Å². The molecule has 1 aromatic carbocycles. The first-order chi connectivity index (χ1) is 11.7. The quantitative estimate of drug-likeness (QED) is 0.652. The first-order valence-corrected chi connectivity index (χ1v) is 7.91. The molecule has 1 heterocycles. The van der Waals surface area contributed by atoms with E-state index in [4.69, 9.17) is 11.6 Å². The average Bonchev–Trinajstić information content (AvgIpc) is 2.78. The third kappa shape index (κ3) is 4.85. The van der Waals surface area contributed by atoms with Gasteiger partial charge in [0.15, 0.2) is 0 Å². The van der Waals surface area contributed by atoms with E-state index in [9.17, 15) is 22.4 Å². The second-order valence-corrected chi connectivity index (χ2v) is 6.02. The summed E-state index contributed by atoms with van der Waals surface area (Å²) in [6.07, 6.45) is -2.78. The van der Waals surface area contributed by atoms with Crippen molar-refractivity contribution in [3.63, 3.8) is 0 Å². The van der Waals surface area contributed by atoms with Crippen LogP contribution in [0.1, 0.15) is 17.8 Å². The van der Waals surface area contributed by atoms with Crippen molar-refractivity contribution >= 4 is 39.1 Å². The number of nitrogens with one attached hydrogen (secondary N) is 1. The van der Waals surface area contributed by atoms with Crippen molar-refractivity contribution in [3.05, 3.63) is 39.1 Å². The molecule has 0 fully saturated rings. The minimum Gasteiger partial charge on any atom is -0.433 e. The molecule has 0 spiro atoms. The van der Waals surface area contributed by atoms with Crippen LogP contribution in [0.3, 0.4) is 0 Å². The minimum absolute atomic E-state index is 0.115. The number of hydrogen-bond acceptors (Lipinski definition) is 3. The molecule has 2 rings (SSSR count). The Morgan fingerprint density at radius 2 is 2.08 bits per heavy atom. The number of hydrogen-bond donors (Lipinski definition) is 1. The van der Waals surface area contributed by atoms with Gasteiger partial charge in [0.05, 0.1) is 15.2 Å². The number of halogens is 6. The van der Waals surface area contributed by atoms with Gasteiger partial charge in [0.1, 0.15) is 18.0 Å². The second kappa shape index (κ2) is 8.05. The van der Waals surface area contributed by atoms with Crippen LogP contribution in [0.25, 0.3) is 0 Å². The normalized spacial score (nSPS) is 11.2. The van der Waals surface area contributed by atoms with Crippen molar-refractivity contribution in [2.24, 2.45) is 0 Å².